The van der Waals surface area contributed by atoms with Crippen LogP contribution in [-0.2, 0) is 4.79 Å². The van der Waals surface area contributed by atoms with E-state index in [1.807, 2.05) is 0 Å². The topological polar surface area (TPSA) is 60.8 Å². The molecule has 0 spiro atoms. The molecule has 66 valence electrons. The molecule has 2 N–H and O–H groups in total. The number of halogens is 1. The van der Waals surface area contributed by atoms with E-state index in [4.69, 9.17) is 10.2 Å². The third-order valence-electron chi connectivity index (χ3n) is 1.81. The molecule has 0 radical (unpaired) electrons. The van der Waals surface area contributed by atoms with E-state index in [-0.39, 0.29) is 12.4 Å². The number of likely N-dealkylation sites (N-methyl/N-ethyl adjacent to an activating group) is 1. The van der Waals surface area contributed by atoms with Gasteiger partial charge in [0.15, 0.2) is 0 Å². The maximum atomic E-state index is 10.4. The Hall–Kier alpha value is -0.320. The molecule has 1 heterocycles. The van der Waals surface area contributed by atoms with Crippen molar-refractivity contribution in [3.8, 4) is 0 Å². The minimum absolute atomic E-state index is 0. The van der Waals surface area contributed by atoms with Gasteiger partial charge in [-0.15, -0.1) is 12.4 Å². The molecule has 1 rings (SSSR count). The van der Waals surface area contributed by atoms with Crippen molar-refractivity contribution in [2.75, 3.05) is 13.6 Å². The van der Waals surface area contributed by atoms with Crippen LogP contribution in [0.5, 0.6) is 0 Å². The van der Waals surface area contributed by atoms with E-state index in [1.165, 1.54) is 0 Å². The van der Waals surface area contributed by atoms with Gasteiger partial charge in [-0.2, -0.15) is 0 Å². The van der Waals surface area contributed by atoms with Crippen molar-refractivity contribution in [3.63, 3.8) is 0 Å². The normalized spacial score (nSPS) is 31.5. The number of carboxylic acid groups (broad SMARTS) is 1. The smallest absolute Gasteiger partial charge is 0.321 e. The first-order valence-corrected chi connectivity index (χ1v) is 3.22. The summed E-state index contributed by atoms with van der Waals surface area (Å²) in [6.07, 6.45) is -0.114. The fourth-order valence-corrected chi connectivity index (χ4v) is 1.26. The molecule has 0 aromatic heterocycles. The molecule has 2 atom stereocenters. The number of likely N-dealkylation sites (tertiary alicyclic amines) is 1. The Balaban J connectivity index is 0.000001000. The monoisotopic (exact) mass is 181 g/mol. The summed E-state index contributed by atoms with van der Waals surface area (Å²) in [5.41, 5.74) is 0. The lowest BCUT2D eigenvalue weighted by Crippen LogP contribution is -2.32. The summed E-state index contributed by atoms with van der Waals surface area (Å²) in [6, 6.07) is -0.491. The molecule has 0 bridgehead atoms. The van der Waals surface area contributed by atoms with Crippen LogP contribution in [0, 0.1) is 0 Å². The molecule has 1 aliphatic heterocycles. The summed E-state index contributed by atoms with van der Waals surface area (Å²) in [4.78, 5) is 12.1. The van der Waals surface area contributed by atoms with E-state index in [0.29, 0.717) is 13.0 Å². The van der Waals surface area contributed by atoms with E-state index < -0.39 is 18.1 Å². The van der Waals surface area contributed by atoms with Gasteiger partial charge in [0.2, 0.25) is 0 Å². The van der Waals surface area contributed by atoms with Gasteiger partial charge in [0.05, 0.1) is 6.10 Å². The first-order chi connectivity index (χ1) is 4.61. The minimum Gasteiger partial charge on any atom is -0.480 e. The predicted molar refractivity (Wildman–Crippen MR) is 41.9 cm³/mol. The molecule has 1 fully saturated rings. The van der Waals surface area contributed by atoms with E-state index >= 15 is 0 Å². The molecule has 0 aliphatic carbocycles. The molecule has 5 heteroatoms. The fourth-order valence-electron chi connectivity index (χ4n) is 1.26. The Morgan fingerprint density at radius 3 is 2.36 bits per heavy atom. The zero-order valence-electron chi connectivity index (χ0n) is 6.23. The second-order valence-corrected chi connectivity index (χ2v) is 2.68. The van der Waals surface area contributed by atoms with Gasteiger partial charge >= 0.3 is 5.97 Å². The molecule has 4 nitrogen and oxygen atoms in total. The first-order valence-electron chi connectivity index (χ1n) is 3.22. The lowest BCUT2D eigenvalue weighted by atomic mass is 10.2. The SMILES string of the molecule is CN1C[C@@H](O)C[C@@H]1C(=O)O.Cl. The Morgan fingerprint density at radius 1 is 1.64 bits per heavy atom. The number of rotatable bonds is 1. The van der Waals surface area contributed by atoms with Gasteiger partial charge in [-0.3, -0.25) is 9.69 Å². The van der Waals surface area contributed by atoms with Gasteiger partial charge in [0.25, 0.3) is 0 Å². The van der Waals surface area contributed by atoms with Crippen LogP contribution in [0.3, 0.4) is 0 Å². The Bertz CT molecular complexity index is 153. The van der Waals surface area contributed by atoms with E-state index in [1.54, 1.807) is 11.9 Å². The maximum Gasteiger partial charge on any atom is 0.321 e. The van der Waals surface area contributed by atoms with Crippen molar-refractivity contribution < 1.29 is 15.0 Å². The predicted octanol–water partition coefficient (Wildman–Crippen LogP) is -0.442. The van der Waals surface area contributed by atoms with Crippen molar-refractivity contribution in [3.05, 3.63) is 0 Å². The van der Waals surface area contributed by atoms with Gasteiger partial charge in [-0.05, 0) is 7.05 Å². The summed E-state index contributed by atoms with van der Waals surface area (Å²) < 4.78 is 0. The second kappa shape index (κ2) is 3.90. The first kappa shape index (κ1) is 10.7. The van der Waals surface area contributed by atoms with Gasteiger partial charge in [-0.25, -0.2) is 0 Å². The number of carboxylic acids is 1. The van der Waals surface area contributed by atoms with E-state index in [2.05, 4.69) is 0 Å². The summed E-state index contributed by atoms with van der Waals surface area (Å²) in [5.74, 6) is -0.848. The number of hydrogen-bond donors (Lipinski definition) is 2. The standard InChI is InChI=1S/C6H11NO3.ClH/c1-7-3-4(8)2-5(7)6(9)10;/h4-5,8H,2-3H2,1H3,(H,9,10);1H/t4-,5+;/m0./s1. The van der Waals surface area contributed by atoms with Crippen LogP contribution >= 0.6 is 12.4 Å². The Morgan fingerprint density at radius 2 is 2.18 bits per heavy atom. The molecule has 0 aromatic rings. The van der Waals surface area contributed by atoms with Gasteiger partial charge in [0, 0.05) is 13.0 Å². The second-order valence-electron chi connectivity index (χ2n) is 2.68. The van der Waals surface area contributed by atoms with Gasteiger partial charge in [0.1, 0.15) is 6.04 Å². The van der Waals surface area contributed by atoms with Crippen LogP contribution in [0.4, 0.5) is 0 Å². The third kappa shape index (κ3) is 2.32. The lowest BCUT2D eigenvalue weighted by Gasteiger charge is -2.12. The lowest BCUT2D eigenvalue weighted by molar-refractivity contribution is -0.141. The van der Waals surface area contributed by atoms with E-state index in [0.717, 1.165) is 0 Å². The number of β-amino-alcohol motifs (C(OH)–C–C–N with tert-alkyl or cyclic N) is 1. The molecule has 0 amide bonds. The number of aliphatic hydroxyl groups excluding tert-OH is 1. The molecule has 0 saturated carbocycles. The highest BCUT2D eigenvalue weighted by Gasteiger charge is 2.32. The number of carbonyl (C=O) groups is 1. The molecule has 11 heavy (non-hydrogen) atoms. The summed E-state index contributed by atoms with van der Waals surface area (Å²) in [7, 11) is 1.70. The number of aliphatic hydroxyl groups is 1. The molecular formula is C6H12ClNO3. The minimum atomic E-state index is -0.848. The van der Waals surface area contributed by atoms with Crippen molar-refractivity contribution >= 4 is 18.4 Å². The zero-order chi connectivity index (χ0) is 7.72. The van der Waals surface area contributed by atoms with E-state index in [9.17, 15) is 4.79 Å². The molecule has 1 saturated heterocycles. The van der Waals surface area contributed by atoms with Crippen LogP contribution < -0.4 is 0 Å². The highest BCUT2D eigenvalue weighted by atomic mass is 35.5. The van der Waals surface area contributed by atoms with Crippen molar-refractivity contribution in [1.82, 2.24) is 4.90 Å². The Kier molecular flexibility index (Phi) is 3.78. The van der Waals surface area contributed by atoms with Crippen LogP contribution in [0.25, 0.3) is 0 Å². The van der Waals surface area contributed by atoms with Gasteiger partial charge in [-0.1, -0.05) is 0 Å². The molecule has 0 unspecified atom stereocenters. The van der Waals surface area contributed by atoms with Crippen LogP contribution in [0.2, 0.25) is 0 Å². The Labute approximate surface area is 71.2 Å². The molecule has 1 aliphatic rings. The average Bonchev–Trinajstić information content (AvgIpc) is 2.10. The van der Waals surface area contributed by atoms with Crippen molar-refractivity contribution in [2.45, 2.75) is 18.6 Å². The van der Waals surface area contributed by atoms with Crippen LogP contribution in [0.15, 0.2) is 0 Å². The zero-order valence-corrected chi connectivity index (χ0v) is 7.04. The molecular weight excluding hydrogens is 170 g/mol. The maximum absolute atomic E-state index is 10.4. The van der Waals surface area contributed by atoms with Crippen molar-refractivity contribution in [2.24, 2.45) is 0 Å². The number of hydrogen-bond acceptors (Lipinski definition) is 3. The average molecular weight is 182 g/mol. The fraction of sp³-hybridized carbons (Fsp3) is 0.833. The quantitative estimate of drug-likeness (QED) is 0.576. The van der Waals surface area contributed by atoms with Crippen LogP contribution in [0.1, 0.15) is 6.42 Å². The highest BCUT2D eigenvalue weighted by Crippen LogP contribution is 2.14. The highest BCUT2D eigenvalue weighted by molar-refractivity contribution is 5.85. The molecule has 0 aromatic carbocycles. The number of aliphatic carboxylic acids is 1. The third-order valence-corrected chi connectivity index (χ3v) is 1.81. The van der Waals surface area contributed by atoms with Crippen molar-refractivity contribution in [1.29, 1.82) is 0 Å². The summed E-state index contributed by atoms with van der Waals surface area (Å²) in [5, 5.41) is 17.6. The largest absolute Gasteiger partial charge is 0.480 e. The summed E-state index contributed by atoms with van der Waals surface area (Å²) in [6.45, 7) is 0.469. The number of nitrogens with zero attached hydrogens (tertiary/aromatic N) is 1. The van der Waals surface area contributed by atoms with Crippen LogP contribution in [-0.4, -0.2) is 46.8 Å². The van der Waals surface area contributed by atoms with Gasteiger partial charge < -0.3 is 10.2 Å². The summed E-state index contributed by atoms with van der Waals surface area (Å²) >= 11 is 0.